The van der Waals surface area contributed by atoms with E-state index in [9.17, 15) is 0 Å². The smallest absolute Gasteiger partial charge is 0.0540 e. The highest BCUT2D eigenvalue weighted by molar-refractivity contribution is 5.91. The number of nitrogens with zero attached hydrogens (tertiary/aromatic N) is 2. The Hall–Kier alpha value is -6.90. The molecule has 0 N–H and O–H groups in total. The molecule has 0 bridgehead atoms. The Morgan fingerprint density at radius 3 is 1.40 bits per heavy atom. The molecule has 58 heavy (non-hydrogen) atoms. The first kappa shape index (κ1) is 34.4. The van der Waals surface area contributed by atoms with Gasteiger partial charge in [-0.1, -0.05) is 161 Å². The van der Waals surface area contributed by atoms with Crippen LogP contribution in [0, 0.1) is 0 Å². The Labute approximate surface area is 341 Å². The Morgan fingerprint density at radius 1 is 0.362 bits per heavy atom. The van der Waals surface area contributed by atoms with E-state index in [0.29, 0.717) is 0 Å². The fraction of sp³-hybridized carbons (Fsp3) is 0.107. The molecule has 0 aliphatic heterocycles. The summed E-state index contributed by atoms with van der Waals surface area (Å²) < 4.78 is 2.37. The first-order chi connectivity index (χ1) is 28.3. The van der Waals surface area contributed by atoms with Gasteiger partial charge in [-0.05, 0) is 122 Å². The first-order valence-corrected chi connectivity index (χ1v) is 20.4. The maximum atomic E-state index is 2.45. The summed E-state index contributed by atoms with van der Waals surface area (Å²) in [6, 6.07) is 71.7. The predicted molar refractivity (Wildman–Crippen MR) is 244 cm³/mol. The van der Waals surface area contributed by atoms with Crippen LogP contribution in [0.2, 0.25) is 0 Å². The molecule has 0 spiro atoms. The summed E-state index contributed by atoms with van der Waals surface area (Å²) in [5.41, 5.74) is 21.3. The van der Waals surface area contributed by atoms with E-state index >= 15 is 0 Å². The van der Waals surface area contributed by atoms with Crippen LogP contribution in [-0.2, 0) is 10.8 Å². The summed E-state index contributed by atoms with van der Waals surface area (Å²) >= 11 is 0. The molecule has 2 aliphatic carbocycles. The van der Waals surface area contributed by atoms with Crippen LogP contribution >= 0.6 is 0 Å². The van der Waals surface area contributed by atoms with E-state index in [1.165, 1.54) is 89.2 Å². The van der Waals surface area contributed by atoms with Gasteiger partial charge in [-0.2, -0.15) is 0 Å². The van der Waals surface area contributed by atoms with Crippen molar-refractivity contribution in [2.24, 2.45) is 0 Å². The van der Waals surface area contributed by atoms with Gasteiger partial charge in [0.2, 0.25) is 0 Å². The molecule has 2 heteroatoms. The van der Waals surface area contributed by atoms with Crippen LogP contribution < -0.4 is 4.90 Å². The number of aromatic nitrogens is 1. The van der Waals surface area contributed by atoms with Crippen molar-refractivity contribution < 1.29 is 0 Å². The van der Waals surface area contributed by atoms with Gasteiger partial charge in [-0.25, -0.2) is 0 Å². The summed E-state index contributed by atoms with van der Waals surface area (Å²) in [6.45, 7) is 9.45. The topological polar surface area (TPSA) is 8.17 Å². The molecule has 0 saturated heterocycles. The zero-order valence-corrected chi connectivity index (χ0v) is 33.4. The van der Waals surface area contributed by atoms with E-state index in [4.69, 9.17) is 0 Å². The molecular formula is C56H44N2. The van der Waals surface area contributed by atoms with Crippen molar-refractivity contribution in [3.63, 3.8) is 0 Å². The molecule has 0 fully saturated rings. The van der Waals surface area contributed by atoms with Gasteiger partial charge in [0.05, 0.1) is 11.2 Å². The van der Waals surface area contributed by atoms with Gasteiger partial charge >= 0.3 is 0 Å². The van der Waals surface area contributed by atoms with Crippen molar-refractivity contribution in [3.05, 3.63) is 216 Å². The van der Waals surface area contributed by atoms with Crippen molar-refractivity contribution in [1.82, 2.24) is 4.57 Å². The van der Waals surface area contributed by atoms with Crippen molar-refractivity contribution in [2.75, 3.05) is 4.90 Å². The number of para-hydroxylation sites is 2. The van der Waals surface area contributed by atoms with Crippen molar-refractivity contribution in [1.29, 1.82) is 0 Å². The minimum atomic E-state index is -0.0966. The van der Waals surface area contributed by atoms with Crippen LogP contribution in [0.25, 0.3) is 61.2 Å². The van der Waals surface area contributed by atoms with E-state index < -0.39 is 0 Å². The van der Waals surface area contributed by atoms with Crippen LogP contribution in [0.3, 0.4) is 0 Å². The van der Waals surface area contributed by atoms with Crippen molar-refractivity contribution >= 4 is 28.0 Å². The van der Waals surface area contributed by atoms with Crippen LogP contribution in [-0.4, -0.2) is 4.57 Å². The van der Waals surface area contributed by atoms with Crippen LogP contribution in [0.4, 0.5) is 17.1 Å². The molecule has 8 aromatic carbocycles. The largest absolute Gasteiger partial charge is 0.310 e. The molecule has 0 radical (unpaired) electrons. The molecule has 2 nitrogen and oxygen atoms in total. The molecule has 278 valence electrons. The number of hydrogen-bond acceptors (Lipinski definition) is 1. The lowest BCUT2D eigenvalue weighted by Gasteiger charge is -2.30. The number of rotatable bonds is 6. The third-order valence-corrected chi connectivity index (χ3v) is 13.0. The maximum Gasteiger partial charge on any atom is 0.0540 e. The average Bonchev–Trinajstić information content (AvgIpc) is 3.85. The van der Waals surface area contributed by atoms with Gasteiger partial charge in [0.15, 0.2) is 0 Å². The molecule has 0 amide bonds. The highest BCUT2D eigenvalue weighted by atomic mass is 15.1. The Kier molecular flexibility index (Phi) is 7.59. The standard InChI is InChI=1S/C56H44N2/c1-55(2)49-19-11-9-17-45(49)47-32-30-43(35-51(47)55)57(44-31-33-48-46-18-10-12-20-50(46)56(3,4)52(48)36-44)42-28-26-38(27-29-42)37-22-24-39(25-23-37)54-34-40-14-8-13-21-53(40)58(54)41-15-6-5-7-16-41/h5-36H,1-4H3. The van der Waals surface area contributed by atoms with Gasteiger partial charge in [-0.3, -0.25) is 0 Å². The third kappa shape index (κ3) is 5.18. The van der Waals surface area contributed by atoms with Crippen LogP contribution in [0.1, 0.15) is 49.9 Å². The van der Waals surface area contributed by atoms with Gasteiger partial charge in [0.1, 0.15) is 0 Å². The number of fused-ring (bicyclic) bond motifs is 7. The number of benzene rings is 8. The second-order valence-corrected chi connectivity index (χ2v) is 17.0. The fourth-order valence-corrected chi connectivity index (χ4v) is 9.97. The highest BCUT2D eigenvalue weighted by Gasteiger charge is 2.37. The Balaban J connectivity index is 0.989. The van der Waals surface area contributed by atoms with Gasteiger partial charge < -0.3 is 9.47 Å². The lowest BCUT2D eigenvalue weighted by atomic mass is 9.82. The minimum Gasteiger partial charge on any atom is -0.310 e. The van der Waals surface area contributed by atoms with E-state index in [1.807, 2.05) is 0 Å². The first-order valence-electron chi connectivity index (χ1n) is 20.4. The van der Waals surface area contributed by atoms with Crippen molar-refractivity contribution in [3.8, 4) is 50.3 Å². The summed E-state index contributed by atoms with van der Waals surface area (Å²) in [4.78, 5) is 2.45. The quantitative estimate of drug-likeness (QED) is 0.165. The molecule has 11 rings (SSSR count). The SMILES string of the molecule is CC1(C)c2ccccc2-c2ccc(N(c3ccc(-c4ccc(-c5cc6ccccc6n5-c5ccccc5)cc4)cc3)c3ccc4c(c3)C(C)(C)c3ccccc3-4)cc21. The molecule has 9 aromatic rings. The fourth-order valence-electron chi connectivity index (χ4n) is 9.97. The summed E-state index contributed by atoms with van der Waals surface area (Å²) in [7, 11) is 0. The van der Waals surface area contributed by atoms with Crippen LogP contribution in [0.5, 0.6) is 0 Å². The molecule has 0 atom stereocenters. The normalized spacial score (nSPS) is 14.1. The number of anilines is 3. The Morgan fingerprint density at radius 2 is 0.810 bits per heavy atom. The summed E-state index contributed by atoms with van der Waals surface area (Å²) in [5, 5.41) is 1.23. The zero-order chi connectivity index (χ0) is 39.2. The highest BCUT2D eigenvalue weighted by Crippen LogP contribution is 2.53. The summed E-state index contributed by atoms with van der Waals surface area (Å²) in [6.07, 6.45) is 0. The maximum absolute atomic E-state index is 2.45. The number of hydrogen-bond donors (Lipinski definition) is 0. The monoisotopic (exact) mass is 744 g/mol. The molecular weight excluding hydrogens is 701 g/mol. The molecule has 1 aromatic heterocycles. The molecule has 1 heterocycles. The lowest BCUT2D eigenvalue weighted by Crippen LogP contribution is -2.18. The Bertz CT molecular complexity index is 2930. The second-order valence-electron chi connectivity index (χ2n) is 17.0. The minimum absolute atomic E-state index is 0.0966. The molecule has 2 aliphatic rings. The van der Waals surface area contributed by atoms with Crippen molar-refractivity contribution in [2.45, 2.75) is 38.5 Å². The summed E-state index contributed by atoms with van der Waals surface area (Å²) in [5.74, 6) is 0. The van der Waals surface area contributed by atoms with E-state index in [1.54, 1.807) is 0 Å². The third-order valence-electron chi connectivity index (χ3n) is 13.0. The lowest BCUT2D eigenvalue weighted by molar-refractivity contribution is 0.660. The van der Waals surface area contributed by atoms with Gasteiger partial charge in [-0.15, -0.1) is 0 Å². The molecule has 0 unspecified atom stereocenters. The van der Waals surface area contributed by atoms with E-state index in [0.717, 1.165) is 11.4 Å². The van der Waals surface area contributed by atoms with Gasteiger partial charge in [0, 0.05) is 39.0 Å². The van der Waals surface area contributed by atoms with Crippen LogP contribution in [0.15, 0.2) is 194 Å². The van der Waals surface area contributed by atoms with Gasteiger partial charge in [0.25, 0.3) is 0 Å². The van der Waals surface area contributed by atoms with E-state index in [2.05, 4.69) is 231 Å². The van der Waals surface area contributed by atoms with E-state index in [-0.39, 0.29) is 10.8 Å². The zero-order valence-electron chi connectivity index (χ0n) is 33.4. The molecule has 0 saturated carbocycles. The average molecular weight is 745 g/mol. The predicted octanol–water partition coefficient (Wildman–Crippen LogP) is 15.0. The second kappa shape index (κ2) is 12.8.